The first-order chi connectivity index (χ1) is 13.8. The lowest BCUT2D eigenvalue weighted by atomic mass is 10.1. The van der Waals surface area contributed by atoms with Crippen molar-refractivity contribution in [3.8, 4) is 0 Å². The normalized spacial score (nSPS) is 11.1. The maximum Gasteiger partial charge on any atom is 0.261 e. The van der Waals surface area contributed by atoms with E-state index in [1.54, 1.807) is 38.5 Å². The average molecular weight is 413 g/mol. The third kappa shape index (κ3) is 4.97. The number of pyridine rings is 1. The highest BCUT2D eigenvalue weighted by Crippen LogP contribution is 2.20. The second-order valence-corrected chi connectivity index (χ2v) is 8.30. The first-order valence-electron chi connectivity index (χ1n) is 8.80. The van der Waals surface area contributed by atoms with E-state index in [9.17, 15) is 17.6 Å². The van der Waals surface area contributed by atoms with E-state index in [1.807, 2.05) is 12.1 Å². The van der Waals surface area contributed by atoms with Crippen LogP contribution in [0, 0.1) is 12.7 Å². The summed E-state index contributed by atoms with van der Waals surface area (Å²) < 4.78 is 41.2. The van der Waals surface area contributed by atoms with Gasteiger partial charge in [0.05, 0.1) is 4.90 Å². The van der Waals surface area contributed by atoms with Gasteiger partial charge in [-0.25, -0.2) is 12.8 Å². The van der Waals surface area contributed by atoms with E-state index >= 15 is 0 Å². The third-order valence-electron chi connectivity index (χ3n) is 4.33. The number of nitrogens with one attached hydrogen (secondary N) is 1. The number of anilines is 1. The fraction of sp³-hybridized carbons (Fsp3) is 0.143. The molecule has 3 rings (SSSR count). The van der Waals surface area contributed by atoms with Crippen LogP contribution in [0.3, 0.4) is 0 Å². The highest BCUT2D eigenvalue weighted by Gasteiger charge is 2.18. The molecule has 0 unspecified atom stereocenters. The first-order valence-corrected chi connectivity index (χ1v) is 10.3. The molecule has 2 aromatic carbocycles. The van der Waals surface area contributed by atoms with Gasteiger partial charge in [0.2, 0.25) is 0 Å². The van der Waals surface area contributed by atoms with Crippen LogP contribution < -0.4 is 4.72 Å². The van der Waals surface area contributed by atoms with Crippen LogP contribution in [0.5, 0.6) is 0 Å². The van der Waals surface area contributed by atoms with Gasteiger partial charge in [0.25, 0.3) is 15.9 Å². The molecule has 0 radical (unpaired) electrons. The quantitative estimate of drug-likeness (QED) is 0.670. The number of sulfonamides is 1. The summed E-state index contributed by atoms with van der Waals surface area (Å²) in [5, 5.41) is 0. The molecule has 150 valence electrons. The highest BCUT2D eigenvalue weighted by molar-refractivity contribution is 7.92. The predicted octanol–water partition coefficient (Wildman–Crippen LogP) is 3.60. The van der Waals surface area contributed by atoms with Crippen LogP contribution in [0.4, 0.5) is 10.1 Å². The molecule has 0 atom stereocenters. The minimum atomic E-state index is -3.99. The van der Waals surface area contributed by atoms with E-state index in [2.05, 4.69) is 9.71 Å². The Hall–Kier alpha value is -3.26. The second-order valence-electron chi connectivity index (χ2n) is 6.61. The van der Waals surface area contributed by atoms with Gasteiger partial charge in [-0.15, -0.1) is 0 Å². The number of carbonyl (C=O) groups excluding carboxylic acids is 1. The van der Waals surface area contributed by atoms with Gasteiger partial charge >= 0.3 is 0 Å². The fourth-order valence-electron chi connectivity index (χ4n) is 2.72. The van der Waals surface area contributed by atoms with Crippen molar-refractivity contribution in [3.63, 3.8) is 0 Å². The van der Waals surface area contributed by atoms with Crippen LogP contribution in [0.2, 0.25) is 0 Å². The Morgan fingerprint density at radius 1 is 1.10 bits per heavy atom. The van der Waals surface area contributed by atoms with Crippen molar-refractivity contribution < 1.29 is 17.6 Å². The van der Waals surface area contributed by atoms with Gasteiger partial charge in [0.15, 0.2) is 0 Å². The van der Waals surface area contributed by atoms with E-state index in [0.29, 0.717) is 17.7 Å². The van der Waals surface area contributed by atoms with Gasteiger partial charge in [-0.05, 0) is 60.5 Å². The van der Waals surface area contributed by atoms with Crippen molar-refractivity contribution in [2.75, 3.05) is 11.8 Å². The Morgan fingerprint density at radius 2 is 1.83 bits per heavy atom. The lowest BCUT2D eigenvalue weighted by molar-refractivity contribution is 0.0785. The smallest absolute Gasteiger partial charge is 0.261 e. The Morgan fingerprint density at radius 3 is 2.52 bits per heavy atom. The molecule has 0 aliphatic heterocycles. The number of hydrogen-bond donors (Lipinski definition) is 1. The van der Waals surface area contributed by atoms with Crippen molar-refractivity contribution in [3.05, 3.63) is 89.5 Å². The molecule has 8 heteroatoms. The molecule has 0 bridgehead atoms. The van der Waals surface area contributed by atoms with E-state index in [-0.39, 0.29) is 16.5 Å². The van der Waals surface area contributed by atoms with E-state index in [1.165, 1.54) is 29.2 Å². The summed E-state index contributed by atoms with van der Waals surface area (Å²) in [7, 11) is -2.32. The Kier molecular flexibility index (Phi) is 5.93. The van der Waals surface area contributed by atoms with Crippen LogP contribution in [-0.4, -0.2) is 31.3 Å². The van der Waals surface area contributed by atoms with Crippen molar-refractivity contribution in [2.45, 2.75) is 18.4 Å². The highest BCUT2D eigenvalue weighted by atomic mass is 32.2. The summed E-state index contributed by atoms with van der Waals surface area (Å²) >= 11 is 0. The lowest BCUT2D eigenvalue weighted by Gasteiger charge is -2.18. The molecule has 0 aliphatic carbocycles. The van der Waals surface area contributed by atoms with Gasteiger partial charge in [0, 0.05) is 37.2 Å². The molecule has 1 aromatic heterocycles. The summed E-state index contributed by atoms with van der Waals surface area (Å²) in [4.78, 5) is 18.0. The molecule has 1 heterocycles. The number of rotatable bonds is 6. The molecule has 0 fully saturated rings. The predicted molar refractivity (Wildman–Crippen MR) is 108 cm³/mol. The first kappa shape index (κ1) is 20.5. The molecule has 0 spiro atoms. The fourth-order valence-corrected chi connectivity index (χ4v) is 3.79. The number of amides is 1. The number of aromatic nitrogens is 1. The van der Waals surface area contributed by atoms with Gasteiger partial charge in [0.1, 0.15) is 5.82 Å². The molecule has 1 amide bonds. The van der Waals surface area contributed by atoms with Crippen molar-refractivity contribution in [1.82, 2.24) is 9.88 Å². The summed E-state index contributed by atoms with van der Waals surface area (Å²) in [5.41, 5.74) is 1.83. The zero-order valence-electron chi connectivity index (χ0n) is 16.0. The molecular weight excluding hydrogens is 393 g/mol. The second kappa shape index (κ2) is 8.40. The number of aryl methyl sites for hydroxylation is 1. The summed E-state index contributed by atoms with van der Waals surface area (Å²) in [6.45, 7) is 1.94. The lowest BCUT2D eigenvalue weighted by Crippen LogP contribution is -2.26. The molecule has 6 nitrogen and oxygen atoms in total. The van der Waals surface area contributed by atoms with Crippen molar-refractivity contribution >= 4 is 21.6 Å². The monoisotopic (exact) mass is 413 g/mol. The number of benzene rings is 2. The summed E-state index contributed by atoms with van der Waals surface area (Å²) in [6.07, 6.45) is 3.30. The molecule has 0 saturated carbocycles. The molecule has 3 aromatic rings. The Balaban J connectivity index is 1.78. The van der Waals surface area contributed by atoms with Crippen LogP contribution in [0.15, 0.2) is 71.9 Å². The van der Waals surface area contributed by atoms with Crippen LogP contribution >= 0.6 is 0 Å². The third-order valence-corrected chi connectivity index (χ3v) is 5.71. The van der Waals surface area contributed by atoms with Gasteiger partial charge in [-0.1, -0.05) is 12.1 Å². The average Bonchev–Trinajstić information content (AvgIpc) is 2.70. The minimum absolute atomic E-state index is 0.188. The standard InChI is InChI=1S/C21H20FN3O3S/c1-15-6-7-19(13-20(15)22)29(27,28)24-18-5-3-4-17(12-18)21(26)25(2)14-16-8-10-23-11-9-16/h3-13,24H,14H2,1-2H3. The van der Waals surface area contributed by atoms with Crippen molar-refractivity contribution in [2.24, 2.45) is 0 Å². The maximum absolute atomic E-state index is 13.7. The zero-order valence-corrected chi connectivity index (χ0v) is 16.8. The number of hydrogen-bond acceptors (Lipinski definition) is 4. The van der Waals surface area contributed by atoms with Gasteiger partial charge in [-0.2, -0.15) is 0 Å². The zero-order chi connectivity index (χ0) is 21.0. The maximum atomic E-state index is 13.7. The number of halogens is 1. The SMILES string of the molecule is Cc1ccc(S(=O)(=O)Nc2cccc(C(=O)N(C)Cc3ccncc3)c2)cc1F. The van der Waals surface area contributed by atoms with E-state index in [0.717, 1.165) is 11.6 Å². The topological polar surface area (TPSA) is 79.4 Å². The summed E-state index contributed by atoms with van der Waals surface area (Å²) in [6, 6.07) is 13.5. The minimum Gasteiger partial charge on any atom is -0.337 e. The van der Waals surface area contributed by atoms with Crippen molar-refractivity contribution in [1.29, 1.82) is 0 Å². The Bertz CT molecular complexity index is 1130. The van der Waals surface area contributed by atoms with Gasteiger partial charge < -0.3 is 4.90 Å². The Labute approximate surface area is 169 Å². The summed E-state index contributed by atoms with van der Waals surface area (Å²) in [5.74, 6) is -0.862. The molecule has 0 saturated heterocycles. The van der Waals surface area contributed by atoms with E-state index < -0.39 is 15.8 Å². The number of nitrogens with zero attached hydrogens (tertiary/aromatic N) is 2. The largest absolute Gasteiger partial charge is 0.337 e. The van der Waals surface area contributed by atoms with Crippen LogP contribution in [0.25, 0.3) is 0 Å². The van der Waals surface area contributed by atoms with Crippen LogP contribution in [0.1, 0.15) is 21.5 Å². The van der Waals surface area contributed by atoms with E-state index in [4.69, 9.17) is 0 Å². The van der Waals surface area contributed by atoms with Gasteiger partial charge in [-0.3, -0.25) is 14.5 Å². The molecule has 29 heavy (non-hydrogen) atoms. The molecule has 1 N–H and O–H groups in total. The molecule has 0 aliphatic rings. The van der Waals surface area contributed by atoms with Crippen LogP contribution in [-0.2, 0) is 16.6 Å². The molecular formula is C21H20FN3O3S. The number of carbonyl (C=O) groups is 1.